The number of hydrogen-bond donors (Lipinski definition) is 2. The number of rotatable bonds is 4. The topological polar surface area (TPSA) is 137 Å². The van der Waals surface area contributed by atoms with Crippen LogP contribution >= 0.6 is 0 Å². The largest absolute Gasteiger partial charge is 0.380 e. The van der Waals surface area contributed by atoms with Crippen LogP contribution in [0.15, 0.2) is 41.8 Å². The van der Waals surface area contributed by atoms with E-state index in [-0.39, 0.29) is 17.1 Å². The molecule has 0 fully saturated rings. The third kappa shape index (κ3) is 2.96. The van der Waals surface area contributed by atoms with Crippen molar-refractivity contribution in [3.63, 3.8) is 0 Å². The van der Waals surface area contributed by atoms with Crippen LogP contribution in [0.2, 0.25) is 0 Å². The third-order valence-electron chi connectivity index (χ3n) is 2.33. The monoisotopic (exact) mass is 275 g/mol. The van der Waals surface area contributed by atoms with Gasteiger partial charge in [-0.25, -0.2) is 4.79 Å². The molecule has 0 bridgehead atoms. The highest BCUT2D eigenvalue weighted by Crippen LogP contribution is 2.11. The number of nitrogens with two attached hydrogens (primary N) is 1. The molecule has 9 heteroatoms. The number of nitro groups is 1. The first kappa shape index (κ1) is 13.2. The number of carbonyl (C=O) groups excluding carboxylic acids is 1. The zero-order valence-electron chi connectivity index (χ0n) is 10.0. The number of aromatic nitrogens is 2. The maximum atomic E-state index is 11.5. The summed E-state index contributed by atoms with van der Waals surface area (Å²) in [5.74, 6) is -0.791. The van der Waals surface area contributed by atoms with Gasteiger partial charge in [0.1, 0.15) is 0 Å². The third-order valence-corrected chi connectivity index (χ3v) is 2.33. The van der Waals surface area contributed by atoms with Crippen molar-refractivity contribution in [2.24, 2.45) is 10.9 Å². The first-order valence-electron chi connectivity index (χ1n) is 5.36. The molecule has 0 spiro atoms. The Kier molecular flexibility index (Phi) is 3.70. The summed E-state index contributed by atoms with van der Waals surface area (Å²) in [5, 5.41) is 20.0. The number of nitro benzene ring substituents is 1. The standard InChI is InChI=1S/C11H9N5O4/c12-10(7-1-3-9(4-2-7)16(18)19)15-20-11(17)8-5-13-14-6-8/h1-6H,(H2,12,15)(H,13,14). The van der Waals surface area contributed by atoms with Crippen LogP contribution in [-0.4, -0.2) is 26.9 Å². The summed E-state index contributed by atoms with van der Waals surface area (Å²) >= 11 is 0. The Bertz CT molecular complexity index is 648. The molecular weight excluding hydrogens is 266 g/mol. The lowest BCUT2D eigenvalue weighted by molar-refractivity contribution is -0.384. The molecule has 0 saturated carbocycles. The van der Waals surface area contributed by atoms with Crippen LogP contribution in [0.25, 0.3) is 0 Å². The van der Waals surface area contributed by atoms with Gasteiger partial charge in [-0.05, 0) is 12.1 Å². The molecule has 1 aromatic carbocycles. The molecule has 0 aliphatic rings. The fourth-order valence-electron chi connectivity index (χ4n) is 1.31. The van der Waals surface area contributed by atoms with E-state index < -0.39 is 10.9 Å². The van der Waals surface area contributed by atoms with Gasteiger partial charge in [-0.1, -0.05) is 5.16 Å². The lowest BCUT2D eigenvalue weighted by Crippen LogP contribution is -2.15. The maximum absolute atomic E-state index is 11.5. The summed E-state index contributed by atoms with van der Waals surface area (Å²) in [6, 6.07) is 5.36. The van der Waals surface area contributed by atoms with Crippen molar-refractivity contribution >= 4 is 17.5 Å². The van der Waals surface area contributed by atoms with E-state index in [9.17, 15) is 14.9 Å². The smallest absolute Gasteiger partial charge is 0.368 e. The first-order chi connectivity index (χ1) is 9.58. The second-order valence-corrected chi connectivity index (χ2v) is 3.65. The summed E-state index contributed by atoms with van der Waals surface area (Å²) in [6.45, 7) is 0. The summed E-state index contributed by atoms with van der Waals surface area (Å²) in [7, 11) is 0. The number of aromatic amines is 1. The molecule has 0 amide bonds. The van der Waals surface area contributed by atoms with E-state index in [1.165, 1.54) is 36.7 Å². The Hall–Kier alpha value is -3.23. The highest BCUT2D eigenvalue weighted by molar-refractivity contribution is 5.98. The van der Waals surface area contributed by atoms with Gasteiger partial charge in [0, 0.05) is 23.9 Å². The Morgan fingerprint density at radius 3 is 2.60 bits per heavy atom. The number of nitrogens with one attached hydrogen (secondary N) is 1. The van der Waals surface area contributed by atoms with Crippen LogP contribution in [-0.2, 0) is 4.84 Å². The van der Waals surface area contributed by atoms with E-state index in [4.69, 9.17) is 5.73 Å². The van der Waals surface area contributed by atoms with Gasteiger partial charge in [0.25, 0.3) is 5.69 Å². The molecule has 3 N–H and O–H groups in total. The number of non-ortho nitro benzene ring substituents is 1. The highest BCUT2D eigenvalue weighted by atomic mass is 16.7. The molecule has 2 rings (SSSR count). The second kappa shape index (κ2) is 5.61. The van der Waals surface area contributed by atoms with Gasteiger partial charge in [0.2, 0.25) is 0 Å². The molecule has 102 valence electrons. The lowest BCUT2D eigenvalue weighted by Gasteiger charge is -2.00. The van der Waals surface area contributed by atoms with Crippen molar-refractivity contribution in [3.8, 4) is 0 Å². The molecule has 0 saturated heterocycles. The predicted octanol–water partition coefficient (Wildman–Crippen LogP) is 0.795. The van der Waals surface area contributed by atoms with Crippen LogP contribution in [0.1, 0.15) is 15.9 Å². The minimum Gasteiger partial charge on any atom is -0.380 e. The normalized spacial score (nSPS) is 11.1. The Morgan fingerprint density at radius 1 is 1.35 bits per heavy atom. The van der Waals surface area contributed by atoms with Crippen molar-refractivity contribution in [2.45, 2.75) is 0 Å². The number of carbonyl (C=O) groups is 1. The molecule has 1 heterocycles. The zero-order valence-corrected chi connectivity index (χ0v) is 10.0. The molecular formula is C11H9N5O4. The zero-order chi connectivity index (χ0) is 14.5. The number of oxime groups is 1. The Balaban J connectivity index is 2.06. The molecule has 20 heavy (non-hydrogen) atoms. The van der Waals surface area contributed by atoms with E-state index in [2.05, 4.69) is 20.2 Å². The van der Waals surface area contributed by atoms with Crippen LogP contribution in [0, 0.1) is 10.1 Å². The molecule has 2 aromatic rings. The van der Waals surface area contributed by atoms with Crippen molar-refractivity contribution in [3.05, 3.63) is 57.9 Å². The van der Waals surface area contributed by atoms with Gasteiger partial charge < -0.3 is 10.6 Å². The summed E-state index contributed by atoms with van der Waals surface area (Å²) in [6.07, 6.45) is 2.62. The summed E-state index contributed by atoms with van der Waals surface area (Å²) in [5.41, 5.74) is 6.13. The average molecular weight is 275 g/mol. The first-order valence-corrected chi connectivity index (χ1v) is 5.36. The van der Waals surface area contributed by atoms with Gasteiger partial charge in [0.05, 0.1) is 16.7 Å². The van der Waals surface area contributed by atoms with Crippen molar-refractivity contribution in [2.75, 3.05) is 0 Å². The van der Waals surface area contributed by atoms with Gasteiger partial charge in [-0.15, -0.1) is 0 Å². The second-order valence-electron chi connectivity index (χ2n) is 3.65. The van der Waals surface area contributed by atoms with Gasteiger partial charge in [-0.2, -0.15) is 5.10 Å². The van der Waals surface area contributed by atoms with E-state index in [1.807, 2.05) is 0 Å². The van der Waals surface area contributed by atoms with E-state index in [0.29, 0.717) is 5.56 Å². The summed E-state index contributed by atoms with van der Waals surface area (Å²) in [4.78, 5) is 26.0. The number of benzene rings is 1. The number of H-pyrrole nitrogens is 1. The molecule has 0 aliphatic carbocycles. The Morgan fingerprint density at radius 2 is 2.05 bits per heavy atom. The number of nitrogens with zero attached hydrogens (tertiary/aromatic N) is 3. The Labute approximate surface area is 112 Å². The molecule has 0 unspecified atom stereocenters. The lowest BCUT2D eigenvalue weighted by atomic mass is 10.2. The molecule has 0 aliphatic heterocycles. The predicted molar refractivity (Wildman–Crippen MR) is 67.8 cm³/mol. The van der Waals surface area contributed by atoms with Crippen LogP contribution < -0.4 is 5.73 Å². The van der Waals surface area contributed by atoms with Crippen molar-refractivity contribution in [1.29, 1.82) is 0 Å². The quantitative estimate of drug-likeness (QED) is 0.278. The highest BCUT2D eigenvalue weighted by Gasteiger charge is 2.10. The van der Waals surface area contributed by atoms with Crippen LogP contribution in [0.4, 0.5) is 5.69 Å². The van der Waals surface area contributed by atoms with E-state index >= 15 is 0 Å². The van der Waals surface area contributed by atoms with Gasteiger partial charge >= 0.3 is 5.97 Å². The molecule has 0 atom stereocenters. The fraction of sp³-hybridized carbons (Fsp3) is 0. The average Bonchev–Trinajstić information content (AvgIpc) is 2.98. The van der Waals surface area contributed by atoms with E-state index in [1.54, 1.807) is 0 Å². The molecule has 0 radical (unpaired) electrons. The van der Waals surface area contributed by atoms with E-state index in [0.717, 1.165) is 0 Å². The number of amidine groups is 1. The van der Waals surface area contributed by atoms with Gasteiger partial charge in [-0.3, -0.25) is 15.2 Å². The van der Waals surface area contributed by atoms with Gasteiger partial charge in [0.15, 0.2) is 5.84 Å². The SMILES string of the molecule is N/C(=N\OC(=O)c1cn[nH]c1)c1ccc([N+](=O)[O-])cc1. The number of hydrogen-bond acceptors (Lipinski definition) is 6. The van der Waals surface area contributed by atoms with Crippen LogP contribution in [0.5, 0.6) is 0 Å². The maximum Gasteiger partial charge on any atom is 0.368 e. The fourth-order valence-corrected chi connectivity index (χ4v) is 1.31. The minimum absolute atomic E-state index is 0.0723. The van der Waals surface area contributed by atoms with Crippen molar-refractivity contribution in [1.82, 2.24) is 10.2 Å². The minimum atomic E-state index is -0.719. The summed E-state index contributed by atoms with van der Waals surface area (Å²) < 4.78 is 0. The van der Waals surface area contributed by atoms with Crippen molar-refractivity contribution < 1.29 is 14.6 Å². The molecule has 1 aromatic heterocycles. The van der Waals surface area contributed by atoms with Crippen LogP contribution in [0.3, 0.4) is 0 Å². The molecule has 9 nitrogen and oxygen atoms in total.